The molecule has 0 radical (unpaired) electrons. The summed E-state index contributed by atoms with van der Waals surface area (Å²) in [6.07, 6.45) is -0.392. The molecule has 6 nitrogen and oxygen atoms in total. The molecular weight excluding hydrogens is 232 g/mol. The molecule has 0 bridgehead atoms. The largest absolute Gasteiger partial charge is 0.467 e. The number of thiazole rings is 1. The summed E-state index contributed by atoms with van der Waals surface area (Å²) >= 11 is 1.42. The summed E-state index contributed by atoms with van der Waals surface area (Å²) in [5, 5.41) is 4.19. The number of methoxy groups -OCH3 is 2. The fourth-order valence-electron chi connectivity index (χ4n) is 1.08. The van der Waals surface area contributed by atoms with Crippen molar-refractivity contribution in [2.45, 2.75) is 12.5 Å². The highest BCUT2D eigenvalue weighted by atomic mass is 32.1. The van der Waals surface area contributed by atoms with Crippen LogP contribution >= 0.6 is 11.3 Å². The van der Waals surface area contributed by atoms with Crippen LogP contribution in [0.3, 0.4) is 0 Å². The smallest absolute Gasteiger partial charge is 0.407 e. The number of nitrogens with one attached hydrogen (secondary N) is 1. The highest BCUT2D eigenvalue weighted by molar-refractivity contribution is 7.07. The quantitative estimate of drug-likeness (QED) is 0.784. The van der Waals surface area contributed by atoms with Gasteiger partial charge in [0, 0.05) is 11.8 Å². The van der Waals surface area contributed by atoms with Crippen LogP contribution in [0.5, 0.6) is 0 Å². The zero-order valence-electron chi connectivity index (χ0n) is 8.93. The molecule has 1 rings (SSSR count). The van der Waals surface area contributed by atoms with Crippen LogP contribution in [-0.2, 0) is 20.7 Å². The zero-order valence-corrected chi connectivity index (χ0v) is 9.74. The summed E-state index contributed by atoms with van der Waals surface area (Å²) in [5.74, 6) is -0.529. The molecule has 0 aliphatic carbocycles. The molecule has 1 aromatic rings. The molecule has 16 heavy (non-hydrogen) atoms. The van der Waals surface area contributed by atoms with Gasteiger partial charge in [0.2, 0.25) is 0 Å². The fourth-order valence-corrected chi connectivity index (χ4v) is 1.66. The van der Waals surface area contributed by atoms with Crippen molar-refractivity contribution < 1.29 is 19.1 Å². The van der Waals surface area contributed by atoms with Gasteiger partial charge in [-0.15, -0.1) is 11.3 Å². The lowest BCUT2D eigenvalue weighted by molar-refractivity contribution is -0.142. The molecule has 0 aliphatic rings. The first kappa shape index (κ1) is 12.4. The minimum Gasteiger partial charge on any atom is -0.467 e. The number of carbonyl (C=O) groups is 2. The summed E-state index contributed by atoms with van der Waals surface area (Å²) in [6, 6.07) is -0.778. The molecule has 88 valence electrons. The lowest BCUT2D eigenvalue weighted by atomic mass is 10.2. The van der Waals surface area contributed by atoms with E-state index in [1.165, 1.54) is 25.6 Å². The molecule has 0 spiro atoms. The maximum absolute atomic E-state index is 11.4. The highest BCUT2D eigenvalue weighted by Gasteiger charge is 2.22. The summed E-state index contributed by atoms with van der Waals surface area (Å²) in [5.41, 5.74) is 2.37. The molecule has 0 fully saturated rings. The van der Waals surface area contributed by atoms with Gasteiger partial charge in [-0.05, 0) is 0 Å². The molecular formula is C9H12N2O4S. The number of amides is 1. The van der Waals surface area contributed by atoms with Crippen LogP contribution in [0.1, 0.15) is 5.69 Å². The third-order valence-electron chi connectivity index (χ3n) is 1.86. The Morgan fingerprint density at radius 2 is 2.25 bits per heavy atom. The van der Waals surface area contributed by atoms with Crippen LogP contribution in [0, 0.1) is 0 Å². The summed E-state index contributed by atoms with van der Waals surface area (Å²) < 4.78 is 8.99. The number of hydrogen-bond donors (Lipinski definition) is 1. The van der Waals surface area contributed by atoms with E-state index in [2.05, 4.69) is 19.8 Å². The molecule has 1 atom stereocenters. The van der Waals surface area contributed by atoms with Gasteiger partial charge >= 0.3 is 12.1 Å². The Balaban J connectivity index is 2.64. The van der Waals surface area contributed by atoms with E-state index in [1.807, 2.05) is 0 Å². The van der Waals surface area contributed by atoms with E-state index in [9.17, 15) is 9.59 Å². The van der Waals surface area contributed by atoms with Crippen molar-refractivity contribution in [3.8, 4) is 0 Å². The molecule has 7 heteroatoms. The van der Waals surface area contributed by atoms with E-state index in [1.54, 1.807) is 10.9 Å². The molecule has 1 aromatic heterocycles. The second kappa shape index (κ2) is 6.06. The molecule has 1 heterocycles. The van der Waals surface area contributed by atoms with Gasteiger partial charge in [-0.2, -0.15) is 0 Å². The average molecular weight is 244 g/mol. The molecule has 0 aliphatic heterocycles. The average Bonchev–Trinajstić information content (AvgIpc) is 2.79. The van der Waals surface area contributed by atoms with Gasteiger partial charge in [0.05, 0.1) is 25.4 Å². The minimum atomic E-state index is -0.778. The van der Waals surface area contributed by atoms with Crippen molar-refractivity contribution in [1.29, 1.82) is 0 Å². The molecule has 0 aromatic carbocycles. The zero-order chi connectivity index (χ0) is 12.0. The molecule has 0 saturated carbocycles. The van der Waals surface area contributed by atoms with Crippen LogP contribution < -0.4 is 5.32 Å². The predicted octanol–water partition coefficient (Wildman–Crippen LogP) is 0.583. The second-order valence-corrected chi connectivity index (χ2v) is 3.61. The maximum atomic E-state index is 11.4. The van der Waals surface area contributed by atoms with E-state index < -0.39 is 18.1 Å². The Kier molecular flexibility index (Phi) is 4.71. The lowest BCUT2D eigenvalue weighted by Gasteiger charge is -2.14. The first-order chi connectivity index (χ1) is 7.67. The van der Waals surface area contributed by atoms with Gasteiger partial charge in [0.15, 0.2) is 0 Å². The van der Waals surface area contributed by atoms with Gasteiger partial charge in [-0.25, -0.2) is 14.6 Å². The first-order valence-electron chi connectivity index (χ1n) is 4.46. The van der Waals surface area contributed by atoms with E-state index in [0.717, 1.165) is 5.69 Å². The fraction of sp³-hybridized carbons (Fsp3) is 0.444. The van der Waals surface area contributed by atoms with Crippen LogP contribution in [-0.4, -0.2) is 37.3 Å². The number of carbonyl (C=O) groups excluding carboxylic acids is 2. The Bertz CT molecular complexity index is 352. The van der Waals surface area contributed by atoms with E-state index in [0.29, 0.717) is 0 Å². The Morgan fingerprint density at radius 1 is 1.50 bits per heavy atom. The van der Waals surface area contributed by atoms with Gasteiger partial charge in [-0.3, -0.25) is 0 Å². The third-order valence-corrected chi connectivity index (χ3v) is 2.50. The van der Waals surface area contributed by atoms with Crippen molar-refractivity contribution in [3.63, 3.8) is 0 Å². The first-order valence-corrected chi connectivity index (χ1v) is 5.41. The van der Waals surface area contributed by atoms with E-state index >= 15 is 0 Å². The van der Waals surface area contributed by atoms with Crippen molar-refractivity contribution in [2.24, 2.45) is 0 Å². The third kappa shape index (κ3) is 3.50. The van der Waals surface area contributed by atoms with Crippen LogP contribution in [0.2, 0.25) is 0 Å². The standard InChI is InChI=1S/C9H12N2O4S/c1-14-8(12)7(11-9(13)15-2)3-6-4-16-5-10-6/h4-5,7H,3H2,1-2H3,(H,11,13)/t7-/m0/s1. The monoisotopic (exact) mass is 244 g/mol. The van der Waals surface area contributed by atoms with Crippen LogP contribution in [0.25, 0.3) is 0 Å². The van der Waals surface area contributed by atoms with Crippen molar-refractivity contribution in [1.82, 2.24) is 10.3 Å². The van der Waals surface area contributed by atoms with Crippen LogP contribution in [0.4, 0.5) is 4.79 Å². The van der Waals surface area contributed by atoms with Gasteiger partial charge in [0.1, 0.15) is 6.04 Å². The summed E-state index contributed by atoms with van der Waals surface area (Å²) in [6.45, 7) is 0. The van der Waals surface area contributed by atoms with E-state index in [-0.39, 0.29) is 6.42 Å². The van der Waals surface area contributed by atoms with Crippen molar-refractivity contribution >= 4 is 23.4 Å². The van der Waals surface area contributed by atoms with Crippen LogP contribution in [0.15, 0.2) is 10.9 Å². The molecule has 1 N–H and O–H groups in total. The number of alkyl carbamates (subject to hydrolysis) is 1. The summed E-state index contributed by atoms with van der Waals surface area (Å²) in [7, 11) is 2.49. The van der Waals surface area contributed by atoms with Gasteiger partial charge in [-0.1, -0.05) is 0 Å². The lowest BCUT2D eigenvalue weighted by Crippen LogP contribution is -2.43. The van der Waals surface area contributed by atoms with Gasteiger partial charge in [0.25, 0.3) is 0 Å². The predicted molar refractivity (Wildman–Crippen MR) is 57.2 cm³/mol. The number of hydrogen-bond acceptors (Lipinski definition) is 6. The second-order valence-electron chi connectivity index (χ2n) is 2.90. The Labute approximate surface area is 96.6 Å². The Morgan fingerprint density at radius 3 is 2.75 bits per heavy atom. The van der Waals surface area contributed by atoms with Crippen molar-refractivity contribution in [3.05, 3.63) is 16.6 Å². The number of aromatic nitrogens is 1. The number of ether oxygens (including phenoxy) is 2. The number of nitrogens with zero attached hydrogens (tertiary/aromatic N) is 1. The highest BCUT2D eigenvalue weighted by Crippen LogP contribution is 2.05. The Hall–Kier alpha value is -1.63. The SMILES string of the molecule is COC(=O)N[C@@H](Cc1cscn1)C(=O)OC. The van der Waals surface area contributed by atoms with Gasteiger partial charge < -0.3 is 14.8 Å². The maximum Gasteiger partial charge on any atom is 0.407 e. The van der Waals surface area contributed by atoms with E-state index in [4.69, 9.17) is 0 Å². The van der Waals surface area contributed by atoms with Crippen molar-refractivity contribution in [2.75, 3.05) is 14.2 Å². The number of esters is 1. The molecule has 1 amide bonds. The minimum absolute atomic E-state index is 0.283. The summed E-state index contributed by atoms with van der Waals surface area (Å²) in [4.78, 5) is 26.4. The number of rotatable bonds is 4. The molecule has 0 unspecified atom stereocenters. The topological polar surface area (TPSA) is 77.5 Å². The normalized spacial score (nSPS) is 11.6. The molecule has 0 saturated heterocycles.